The lowest BCUT2D eigenvalue weighted by Crippen LogP contribution is -2.56. The Morgan fingerprint density at radius 2 is 1.60 bits per heavy atom. The molecule has 0 bridgehead atoms. The van der Waals surface area contributed by atoms with Crippen LogP contribution in [-0.2, 0) is 10.1 Å². The predicted molar refractivity (Wildman–Crippen MR) is 53.0 cm³/mol. The molecule has 0 saturated heterocycles. The molecule has 92 valence electrons. The van der Waals surface area contributed by atoms with Crippen LogP contribution in [0.1, 0.15) is 6.92 Å². The van der Waals surface area contributed by atoms with Gasteiger partial charge in [0.05, 0.1) is 30.6 Å². The van der Waals surface area contributed by atoms with Gasteiger partial charge >= 0.3 is 0 Å². The molecule has 0 fully saturated rings. The number of hydrogen-bond acceptors (Lipinski definition) is 6. The quantitative estimate of drug-likeness (QED) is 0.314. The van der Waals surface area contributed by atoms with Gasteiger partial charge in [-0.05, 0) is 6.92 Å². The molecule has 0 aromatic carbocycles. The lowest BCUT2D eigenvalue weighted by molar-refractivity contribution is 0.0429. The molecule has 7 nitrogen and oxygen atoms in total. The van der Waals surface area contributed by atoms with Crippen molar-refractivity contribution in [1.29, 1.82) is 0 Å². The van der Waals surface area contributed by atoms with Crippen molar-refractivity contribution in [3.8, 4) is 0 Å². The van der Waals surface area contributed by atoms with Crippen LogP contribution in [0.3, 0.4) is 0 Å². The second-order valence-corrected chi connectivity index (χ2v) is 5.30. The van der Waals surface area contributed by atoms with E-state index in [2.05, 4.69) is 5.32 Å². The third-order valence-electron chi connectivity index (χ3n) is 2.18. The molecule has 0 heterocycles. The summed E-state index contributed by atoms with van der Waals surface area (Å²) in [4.78, 5) is 0. The first-order valence-corrected chi connectivity index (χ1v) is 5.85. The maximum atomic E-state index is 10.6. The van der Waals surface area contributed by atoms with Crippen LogP contribution in [0, 0.1) is 0 Å². The van der Waals surface area contributed by atoms with Crippen molar-refractivity contribution in [2.75, 3.05) is 26.4 Å². The second kappa shape index (κ2) is 5.73. The Kier molecular flexibility index (Phi) is 5.63. The number of aliphatic hydroxyl groups excluding tert-OH is 3. The fraction of sp³-hybridized carbons (Fsp3) is 1.00. The Hall–Kier alpha value is -0.250. The third-order valence-corrected chi connectivity index (χ3v) is 3.36. The van der Waals surface area contributed by atoms with E-state index in [1.54, 1.807) is 0 Å². The second-order valence-electron chi connectivity index (χ2n) is 3.46. The molecule has 0 amide bonds. The van der Waals surface area contributed by atoms with Gasteiger partial charge in [-0.1, -0.05) is 0 Å². The van der Waals surface area contributed by atoms with Gasteiger partial charge in [0.1, 0.15) is 0 Å². The van der Waals surface area contributed by atoms with E-state index in [1.165, 1.54) is 6.92 Å². The molecule has 0 rings (SSSR count). The van der Waals surface area contributed by atoms with E-state index in [4.69, 9.17) is 19.9 Å². The van der Waals surface area contributed by atoms with E-state index in [9.17, 15) is 8.42 Å². The molecule has 1 atom stereocenters. The minimum atomic E-state index is -4.16. The van der Waals surface area contributed by atoms with Crippen LogP contribution in [-0.4, -0.2) is 65.4 Å². The average Bonchev–Trinajstić information content (AvgIpc) is 2.19. The summed E-state index contributed by atoms with van der Waals surface area (Å²) in [7, 11) is -4.16. The van der Waals surface area contributed by atoms with Crippen molar-refractivity contribution in [3.63, 3.8) is 0 Å². The first-order chi connectivity index (χ1) is 6.81. The number of nitrogens with one attached hydrogen (secondary N) is 1. The lowest BCUT2D eigenvalue weighted by Gasteiger charge is -2.29. The average molecular weight is 243 g/mol. The minimum absolute atomic E-state index is 0.180. The first-order valence-electron chi connectivity index (χ1n) is 4.35. The van der Waals surface area contributed by atoms with Crippen LogP contribution in [0.25, 0.3) is 0 Å². The zero-order chi connectivity index (χ0) is 12.1. The van der Waals surface area contributed by atoms with Crippen molar-refractivity contribution < 1.29 is 28.3 Å². The van der Waals surface area contributed by atoms with Gasteiger partial charge in [0.2, 0.25) is 0 Å². The molecule has 15 heavy (non-hydrogen) atoms. The van der Waals surface area contributed by atoms with Crippen molar-refractivity contribution in [2.45, 2.75) is 17.7 Å². The summed E-state index contributed by atoms with van der Waals surface area (Å²) in [6.07, 6.45) is 0. The molecular weight excluding hydrogens is 226 g/mol. The Balaban J connectivity index is 4.35. The van der Waals surface area contributed by atoms with Gasteiger partial charge in [-0.15, -0.1) is 0 Å². The Bertz CT molecular complexity index is 265. The van der Waals surface area contributed by atoms with Crippen LogP contribution < -0.4 is 5.32 Å². The van der Waals surface area contributed by atoms with Crippen LogP contribution in [0.2, 0.25) is 0 Å². The number of hydrogen-bond donors (Lipinski definition) is 5. The highest BCUT2D eigenvalue weighted by Crippen LogP contribution is 2.03. The monoisotopic (exact) mass is 243 g/mol. The molecule has 0 radical (unpaired) electrons. The summed E-state index contributed by atoms with van der Waals surface area (Å²) in [6.45, 7) is -0.547. The third kappa shape index (κ3) is 4.41. The van der Waals surface area contributed by atoms with Crippen LogP contribution >= 0.6 is 0 Å². The van der Waals surface area contributed by atoms with E-state index >= 15 is 0 Å². The summed E-state index contributed by atoms with van der Waals surface area (Å²) in [5.74, 6) is 0. The fourth-order valence-electron chi connectivity index (χ4n) is 0.783. The van der Waals surface area contributed by atoms with Crippen molar-refractivity contribution >= 4 is 10.1 Å². The highest BCUT2D eigenvalue weighted by atomic mass is 32.2. The summed E-state index contributed by atoms with van der Waals surface area (Å²) in [6, 6.07) is 0. The molecule has 0 aliphatic heterocycles. The van der Waals surface area contributed by atoms with E-state index < -0.39 is 40.7 Å². The molecular formula is C7H17NO6S. The van der Waals surface area contributed by atoms with E-state index in [-0.39, 0.29) is 6.54 Å². The molecule has 1 unspecified atom stereocenters. The highest BCUT2D eigenvalue weighted by Gasteiger charge is 2.29. The fourth-order valence-corrected chi connectivity index (χ4v) is 1.08. The Morgan fingerprint density at radius 3 is 1.87 bits per heavy atom. The van der Waals surface area contributed by atoms with Crippen LogP contribution in [0.5, 0.6) is 0 Å². The van der Waals surface area contributed by atoms with Gasteiger partial charge in [-0.2, -0.15) is 8.42 Å². The molecule has 0 saturated carbocycles. The standard InChI is InChI=1S/C7H17NO6S/c1-6(15(12,13)14)2-8-7(3-9,4-10)5-11/h6,8-11H,2-5H2,1H3,(H,12,13,14). The zero-order valence-electron chi connectivity index (χ0n) is 8.42. The molecule has 5 N–H and O–H groups in total. The van der Waals surface area contributed by atoms with E-state index in [1.807, 2.05) is 0 Å². The normalized spacial score (nSPS) is 15.3. The van der Waals surface area contributed by atoms with Crippen molar-refractivity contribution in [3.05, 3.63) is 0 Å². The molecule has 0 aromatic heterocycles. The summed E-state index contributed by atoms with van der Waals surface area (Å²) < 4.78 is 29.9. The maximum Gasteiger partial charge on any atom is 0.268 e. The lowest BCUT2D eigenvalue weighted by atomic mass is 10.0. The summed E-state index contributed by atoms with van der Waals surface area (Å²) >= 11 is 0. The molecule has 8 heteroatoms. The Morgan fingerprint density at radius 1 is 1.20 bits per heavy atom. The predicted octanol–water partition coefficient (Wildman–Crippen LogP) is -2.43. The van der Waals surface area contributed by atoms with Gasteiger partial charge in [0, 0.05) is 6.54 Å². The summed E-state index contributed by atoms with van der Waals surface area (Å²) in [5, 5.41) is 28.1. The molecule has 0 spiro atoms. The van der Waals surface area contributed by atoms with Gasteiger partial charge in [0.15, 0.2) is 0 Å². The van der Waals surface area contributed by atoms with Crippen LogP contribution in [0.15, 0.2) is 0 Å². The first kappa shape index (κ1) is 14.8. The maximum absolute atomic E-state index is 10.6. The van der Waals surface area contributed by atoms with Gasteiger partial charge in [-0.25, -0.2) is 0 Å². The zero-order valence-corrected chi connectivity index (χ0v) is 9.24. The Labute approximate surface area is 88.5 Å². The minimum Gasteiger partial charge on any atom is -0.394 e. The van der Waals surface area contributed by atoms with Gasteiger partial charge in [0.25, 0.3) is 10.1 Å². The largest absolute Gasteiger partial charge is 0.394 e. The van der Waals surface area contributed by atoms with Crippen molar-refractivity contribution in [1.82, 2.24) is 5.32 Å². The molecule has 0 aliphatic rings. The smallest absolute Gasteiger partial charge is 0.268 e. The van der Waals surface area contributed by atoms with Crippen molar-refractivity contribution in [2.24, 2.45) is 0 Å². The number of aliphatic hydroxyl groups is 3. The summed E-state index contributed by atoms with van der Waals surface area (Å²) in [5.41, 5.74) is -1.33. The molecule has 0 aromatic rings. The van der Waals surface area contributed by atoms with Crippen LogP contribution in [0.4, 0.5) is 0 Å². The van der Waals surface area contributed by atoms with E-state index in [0.717, 1.165) is 0 Å². The topological polar surface area (TPSA) is 127 Å². The van der Waals surface area contributed by atoms with E-state index in [0.29, 0.717) is 0 Å². The SMILES string of the molecule is CC(CNC(CO)(CO)CO)S(=O)(=O)O. The molecule has 0 aliphatic carbocycles. The highest BCUT2D eigenvalue weighted by molar-refractivity contribution is 7.86. The number of rotatable bonds is 7. The van der Waals surface area contributed by atoms with Gasteiger partial charge < -0.3 is 20.6 Å². The van der Waals surface area contributed by atoms with Gasteiger partial charge in [-0.3, -0.25) is 4.55 Å².